The summed E-state index contributed by atoms with van der Waals surface area (Å²) in [4.78, 5) is 5.38. The van der Waals surface area contributed by atoms with Crippen LogP contribution < -0.4 is 0 Å². The van der Waals surface area contributed by atoms with E-state index < -0.39 is 12.7 Å². The Morgan fingerprint density at radius 3 is 2.62 bits per heavy atom. The summed E-state index contributed by atoms with van der Waals surface area (Å²) in [5.41, 5.74) is 0.664. The van der Waals surface area contributed by atoms with Gasteiger partial charge in [-0.25, -0.2) is 4.98 Å². The minimum absolute atomic E-state index is 0.180. The molecule has 1 aromatic rings. The summed E-state index contributed by atoms with van der Waals surface area (Å²) >= 11 is 6.90. The number of hydrogen-bond donors (Lipinski definition) is 0. The normalized spacial score (nSPS) is 12.4. The average molecular weight is 273 g/mol. The van der Waals surface area contributed by atoms with Crippen molar-refractivity contribution in [3.05, 3.63) is 16.1 Å². The van der Waals surface area contributed by atoms with Crippen molar-refractivity contribution in [3.63, 3.8) is 0 Å². The Hall–Kier alpha value is -0.330. The minimum atomic E-state index is -4.20. The number of rotatable bonds is 5. The molecule has 0 saturated carbocycles. The summed E-state index contributed by atoms with van der Waals surface area (Å²) in [6, 6.07) is 0. The van der Waals surface area contributed by atoms with E-state index >= 15 is 0 Å². The first-order valence-electron chi connectivity index (χ1n) is 4.67. The lowest BCUT2D eigenvalue weighted by Crippen LogP contribution is -2.35. The van der Waals surface area contributed by atoms with Gasteiger partial charge in [0.25, 0.3) is 0 Å². The van der Waals surface area contributed by atoms with Gasteiger partial charge in [0, 0.05) is 24.3 Å². The van der Waals surface area contributed by atoms with Gasteiger partial charge in [0.15, 0.2) is 0 Å². The van der Waals surface area contributed by atoms with Crippen LogP contribution in [0.4, 0.5) is 13.2 Å². The zero-order valence-electron chi connectivity index (χ0n) is 8.72. The Morgan fingerprint density at radius 2 is 2.19 bits per heavy atom. The quantitative estimate of drug-likeness (QED) is 0.766. The van der Waals surface area contributed by atoms with Gasteiger partial charge in [-0.15, -0.1) is 22.9 Å². The zero-order valence-corrected chi connectivity index (χ0v) is 10.3. The van der Waals surface area contributed by atoms with Gasteiger partial charge in [-0.3, -0.25) is 4.90 Å². The molecule has 0 aliphatic heterocycles. The Kier molecular flexibility index (Phi) is 5.01. The molecule has 0 aliphatic carbocycles. The van der Waals surface area contributed by atoms with Crippen LogP contribution in [0, 0.1) is 6.92 Å². The van der Waals surface area contributed by atoms with E-state index in [4.69, 9.17) is 11.6 Å². The molecule has 0 unspecified atom stereocenters. The van der Waals surface area contributed by atoms with Crippen LogP contribution in [-0.2, 0) is 6.54 Å². The van der Waals surface area contributed by atoms with Gasteiger partial charge in [-0.2, -0.15) is 13.2 Å². The lowest BCUT2D eigenvalue weighted by atomic mass is 10.4. The van der Waals surface area contributed by atoms with Gasteiger partial charge in [0.1, 0.15) is 0 Å². The van der Waals surface area contributed by atoms with Crippen molar-refractivity contribution in [2.45, 2.75) is 19.6 Å². The lowest BCUT2D eigenvalue weighted by Gasteiger charge is -2.21. The fraction of sp³-hybridized carbons (Fsp3) is 0.667. The molecule has 0 aliphatic rings. The monoisotopic (exact) mass is 272 g/mol. The molecule has 1 heterocycles. The molecule has 0 bridgehead atoms. The molecule has 7 heteroatoms. The highest BCUT2D eigenvalue weighted by molar-refractivity contribution is 7.09. The van der Waals surface area contributed by atoms with Crippen LogP contribution in [0.3, 0.4) is 0 Å². The third-order valence-electron chi connectivity index (χ3n) is 1.86. The smallest absolute Gasteiger partial charge is 0.288 e. The first kappa shape index (κ1) is 13.7. The molecule has 0 spiro atoms. The molecule has 0 atom stereocenters. The predicted molar refractivity (Wildman–Crippen MR) is 58.9 cm³/mol. The predicted octanol–water partition coefficient (Wildman–Crippen LogP) is 3.05. The van der Waals surface area contributed by atoms with Crippen molar-refractivity contribution >= 4 is 22.9 Å². The number of aromatic nitrogens is 1. The van der Waals surface area contributed by atoms with E-state index in [1.54, 1.807) is 5.38 Å². The van der Waals surface area contributed by atoms with Crippen LogP contribution in [-0.4, -0.2) is 35.0 Å². The fourth-order valence-corrected chi connectivity index (χ4v) is 2.14. The third-order valence-corrected chi connectivity index (χ3v) is 2.85. The van der Waals surface area contributed by atoms with Gasteiger partial charge >= 0.3 is 6.18 Å². The molecule has 0 fully saturated rings. The summed E-state index contributed by atoms with van der Waals surface area (Å²) in [5.74, 6) is 0.180. The van der Waals surface area contributed by atoms with E-state index in [1.165, 1.54) is 16.2 Å². The Labute approximate surface area is 101 Å². The maximum absolute atomic E-state index is 12.2. The van der Waals surface area contributed by atoms with Crippen molar-refractivity contribution in [1.82, 2.24) is 9.88 Å². The first-order valence-corrected chi connectivity index (χ1v) is 6.08. The van der Waals surface area contributed by atoms with Gasteiger partial charge in [0.05, 0.1) is 17.2 Å². The summed E-state index contributed by atoms with van der Waals surface area (Å²) < 4.78 is 36.7. The van der Waals surface area contributed by atoms with Crippen LogP contribution in [0.1, 0.15) is 10.7 Å². The van der Waals surface area contributed by atoms with Crippen LogP contribution >= 0.6 is 22.9 Å². The van der Waals surface area contributed by atoms with E-state index in [0.29, 0.717) is 5.69 Å². The highest BCUT2D eigenvalue weighted by Crippen LogP contribution is 2.18. The highest BCUT2D eigenvalue weighted by Gasteiger charge is 2.30. The molecule has 92 valence electrons. The van der Waals surface area contributed by atoms with Crippen LogP contribution in [0.2, 0.25) is 0 Å². The zero-order chi connectivity index (χ0) is 12.2. The van der Waals surface area contributed by atoms with Crippen molar-refractivity contribution in [2.24, 2.45) is 0 Å². The van der Waals surface area contributed by atoms with E-state index in [2.05, 4.69) is 4.98 Å². The summed E-state index contributed by atoms with van der Waals surface area (Å²) in [6.45, 7) is 1.27. The van der Waals surface area contributed by atoms with E-state index in [1.807, 2.05) is 6.92 Å². The summed E-state index contributed by atoms with van der Waals surface area (Å²) in [5, 5.41) is 2.63. The second-order valence-electron chi connectivity index (χ2n) is 3.37. The van der Waals surface area contributed by atoms with E-state index in [9.17, 15) is 13.2 Å². The number of halogens is 4. The number of aryl methyl sites for hydroxylation is 1. The van der Waals surface area contributed by atoms with Crippen molar-refractivity contribution in [1.29, 1.82) is 0 Å². The Bertz CT molecular complexity index is 327. The summed E-state index contributed by atoms with van der Waals surface area (Å²) in [6.07, 6.45) is -4.20. The summed E-state index contributed by atoms with van der Waals surface area (Å²) in [7, 11) is 0. The lowest BCUT2D eigenvalue weighted by molar-refractivity contribution is -0.146. The molecular weight excluding hydrogens is 261 g/mol. The molecule has 2 nitrogen and oxygen atoms in total. The molecule has 16 heavy (non-hydrogen) atoms. The highest BCUT2D eigenvalue weighted by atomic mass is 35.5. The molecule has 0 N–H and O–H groups in total. The second kappa shape index (κ2) is 5.84. The molecular formula is C9H12ClF3N2S. The molecule has 1 aromatic heterocycles. The molecule has 1 rings (SSSR count). The average Bonchev–Trinajstić information content (AvgIpc) is 2.48. The van der Waals surface area contributed by atoms with Crippen LogP contribution in [0.25, 0.3) is 0 Å². The van der Waals surface area contributed by atoms with Crippen LogP contribution in [0.5, 0.6) is 0 Å². The number of nitrogens with zero attached hydrogens (tertiary/aromatic N) is 2. The third kappa shape index (κ3) is 5.14. The fourth-order valence-electron chi connectivity index (χ4n) is 1.30. The largest absolute Gasteiger partial charge is 0.401 e. The minimum Gasteiger partial charge on any atom is -0.288 e. The van der Waals surface area contributed by atoms with Crippen molar-refractivity contribution < 1.29 is 13.2 Å². The molecule has 0 aromatic carbocycles. The molecule has 0 radical (unpaired) electrons. The maximum Gasteiger partial charge on any atom is 0.401 e. The SMILES string of the molecule is Cc1nc(CN(CCCl)CC(F)(F)F)cs1. The van der Waals surface area contributed by atoms with Crippen LogP contribution in [0.15, 0.2) is 5.38 Å². The standard InChI is InChI=1S/C9H12ClF3N2S/c1-7-14-8(5-16-7)4-15(3-2-10)6-9(11,12)13/h5H,2-4,6H2,1H3. The van der Waals surface area contributed by atoms with Gasteiger partial charge < -0.3 is 0 Å². The van der Waals surface area contributed by atoms with Gasteiger partial charge in [-0.05, 0) is 6.92 Å². The second-order valence-corrected chi connectivity index (χ2v) is 4.81. The maximum atomic E-state index is 12.2. The molecule has 0 amide bonds. The topological polar surface area (TPSA) is 16.1 Å². The van der Waals surface area contributed by atoms with Crippen molar-refractivity contribution in [2.75, 3.05) is 19.0 Å². The Morgan fingerprint density at radius 1 is 1.50 bits per heavy atom. The van der Waals surface area contributed by atoms with Gasteiger partial charge in [0.2, 0.25) is 0 Å². The first-order chi connectivity index (χ1) is 7.40. The van der Waals surface area contributed by atoms with Crippen molar-refractivity contribution in [3.8, 4) is 0 Å². The number of hydrogen-bond acceptors (Lipinski definition) is 3. The molecule has 0 saturated heterocycles. The van der Waals surface area contributed by atoms with Gasteiger partial charge in [-0.1, -0.05) is 0 Å². The Balaban J connectivity index is 2.57. The number of alkyl halides is 4. The van der Waals surface area contributed by atoms with E-state index in [0.717, 1.165) is 5.01 Å². The number of thiazole rings is 1. The van der Waals surface area contributed by atoms with E-state index in [-0.39, 0.29) is 19.0 Å².